The number of rotatable bonds is 6. The van der Waals surface area contributed by atoms with Crippen LogP contribution >= 0.6 is 0 Å². The third-order valence-corrected chi connectivity index (χ3v) is 4.51. The Morgan fingerprint density at radius 1 is 1.16 bits per heavy atom. The van der Waals surface area contributed by atoms with Gasteiger partial charge in [-0.05, 0) is 44.4 Å². The largest absolute Gasteiger partial charge is 0.481 e. The first-order chi connectivity index (χ1) is 8.99. The highest BCUT2D eigenvalue weighted by Crippen LogP contribution is 2.30. The summed E-state index contributed by atoms with van der Waals surface area (Å²) < 4.78 is 0. The minimum Gasteiger partial charge on any atom is -0.481 e. The summed E-state index contributed by atoms with van der Waals surface area (Å²) in [7, 11) is 1.91. The number of nitrogens with zero attached hydrogens (tertiary/aromatic N) is 1. The number of amides is 1. The average molecular weight is 269 g/mol. The number of hydrogen-bond donors (Lipinski definition) is 1. The van der Waals surface area contributed by atoms with Gasteiger partial charge in [0.2, 0.25) is 5.91 Å². The van der Waals surface area contributed by atoms with Crippen molar-refractivity contribution in [1.29, 1.82) is 0 Å². The van der Waals surface area contributed by atoms with Crippen molar-refractivity contribution in [3.05, 3.63) is 0 Å². The van der Waals surface area contributed by atoms with E-state index in [4.69, 9.17) is 5.11 Å². The molecule has 1 rings (SSSR count). The fourth-order valence-electron chi connectivity index (χ4n) is 3.09. The Labute approximate surface area is 116 Å². The Balaban J connectivity index is 2.46. The second kappa shape index (κ2) is 7.51. The quantitative estimate of drug-likeness (QED) is 0.806. The van der Waals surface area contributed by atoms with Crippen LogP contribution < -0.4 is 0 Å². The molecule has 0 atom stereocenters. The molecule has 1 aliphatic rings. The van der Waals surface area contributed by atoms with Crippen LogP contribution in [0.3, 0.4) is 0 Å². The van der Waals surface area contributed by atoms with Crippen molar-refractivity contribution in [3.8, 4) is 0 Å². The molecule has 0 aromatic heterocycles. The van der Waals surface area contributed by atoms with E-state index >= 15 is 0 Å². The maximum Gasteiger partial charge on any atom is 0.303 e. The Bertz CT molecular complexity index is 305. The molecule has 0 aliphatic heterocycles. The fraction of sp³-hybridized carbons (Fsp3) is 0.867. The smallest absolute Gasteiger partial charge is 0.303 e. The molecule has 0 bridgehead atoms. The summed E-state index contributed by atoms with van der Waals surface area (Å²) in [4.78, 5) is 24.9. The van der Waals surface area contributed by atoms with Crippen LogP contribution in [0.1, 0.15) is 58.8 Å². The van der Waals surface area contributed by atoms with Crippen molar-refractivity contribution in [2.45, 2.75) is 64.8 Å². The summed E-state index contributed by atoms with van der Waals surface area (Å²) in [6.07, 6.45) is 5.81. The van der Waals surface area contributed by atoms with Crippen molar-refractivity contribution in [3.63, 3.8) is 0 Å². The van der Waals surface area contributed by atoms with Gasteiger partial charge in [0, 0.05) is 25.4 Å². The molecule has 1 fully saturated rings. The van der Waals surface area contributed by atoms with Gasteiger partial charge in [0.05, 0.1) is 0 Å². The maximum atomic E-state index is 12.3. The van der Waals surface area contributed by atoms with Gasteiger partial charge in [0.1, 0.15) is 0 Å². The van der Waals surface area contributed by atoms with E-state index in [1.54, 1.807) is 0 Å². The second-order valence-corrected chi connectivity index (χ2v) is 5.73. The van der Waals surface area contributed by atoms with Crippen molar-refractivity contribution < 1.29 is 14.7 Å². The normalized spacial score (nSPS) is 23.4. The molecule has 0 unspecified atom stereocenters. The molecule has 4 heteroatoms. The molecule has 110 valence electrons. The predicted octanol–water partition coefficient (Wildman–Crippen LogP) is 2.91. The van der Waals surface area contributed by atoms with Crippen LogP contribution in [0, 0.1) is 11.8 Å². The summed E-state index contributed by atoms with van der Waals surface area (Å²) >= 11 is 0. The summed E-state index contributed by atoms with van der Waals surface area (Å²) in [6.45, 7) is 4.12. The lowest BCUT2D eigenvalue weighted by molar-refractivity contribution is -0.140. The van der Waals surface area contributed by atoms with Gasteiger partial charge in [0.15, 0.2) is 0 Å². The van der Waals surface area contributed by atoms with Crippen LogP contribution in [0.25, 0.3) is 0 Å². The van der Waals surface area contributed by atoms with Crippen molar-refractivity contribution >= 4 is 11.9 Å². The molecule has 0 spiro atoms. The molecule has 0 saturated heterocycles. The van der Waals surface area contributed by atoms with Gasteiger partial charge >= 0.3 is 5.97 Å². The lowest BCUT2D eigenvalue weighted by atomic mass is 9.83. The second-order valence-electron chi connectivity index (χ2n) is 5.73. The van der Waals surface area contributed by atoms with E-state index < -0.39 is 5.97 Å². The number of aliphatic carboxylic acids is 1. The zero-order valence-electron chi connectivity index (χ0n) is 12.4. The van der Waals surface area contributed by atoms with Gasteiger partial charge in [-0.1, -0.05) is 13.8 Å². The van der Waals surface area contributed by atoms with E-state index in [2.05, 4.69) is 13.8 Å². The van der Waals surface area contributed by atoms with Crippen LogP contribution in [-0.2, 0) is 9.59 Å². The molecule has 1 N–H and O–H groups in total. The monoisotopic (exact) mass is 269 g/mol. The molecule has 1 aliphatic carbocycles. The van der Waals surface area contributed by atoms with E-state index in [0.29, 0.717) is 12.0 Å². The predicted molar refractivity (Wildman–Crippen MR) is 74.8 cm³/mol. The Morgan fingerprint density at radius 3 is 2.11 bits per heavy atom. The van der Waals surface area contributed by atoms with Crippen LogP contribution in [0.2, 0.25) is 0 Å². The first-order valence-corrected chi connectivity index (χ1v) is 7.48. The summed E-state index contributed by atoms with van der Waals surface area (Å²) in [5, 5.41) is 8.80. The van der Waals surface area contributed by atoms with Gasteiger partial charge in [-0.3, -0.25) is 9.59 Å². The minimum atomic E-state index is -0.704. The molecule has 19 heavy (non-hydrogen) atoms. The number of hydrogen-bond acceptors (Lipinski definition) is 2. The minimum absolute atomic E-state index is 0.141. The first-order valence-electron chi connectivity index (χ1n) is 7.48. The first kappa shape index (κ1) is 16.0. The van der Waals surface area contributed by atoms with E-state index in [-0.39, 0.29) is 18.2 Å². The number of carbonyl (C=O) groups is 2. The summed E-state index contributed by atoms with van der Waals surface area (Å²) in [5.74, 6) is -0.0104. The zero-order valence-corrected chi connectivity index (χ0v) is 12.4. The molecule has 1 saturated carbocycles. The SMILES string of the molecule is CCC(CC)C(=O)N(C)C1CCC(CC(=O)O)CC1. The lowest BCUT2D eigenvalue weighted by Crippen LogP contribution is -2.42. The standard InChI is InChI=1S/C15H27NO3/c1-4-12(5-2)15(19)16(3)13-8-6-11(7-9-13)10-14(17)18/h11-13H,4-10H2,1-3H3,(H,17,18). The topological polar surface area (TPSA) is 57.6 Å². The van der Waals surface area contributed by atoms with Gasteiger partial charge in [0.25, 0.3) is 0 Å². The molecule has 0 aromatic carbocycles. The van der Waals surface area contributed by atoms with Crippen LogP contribution in [0.15, 0.2) is 0 Å². The summed E-state index contributed by atoms with van der Waals surface area (Å²) in [5.41, 5.74) is 0. The van der Waals surface area contributed by atoms with Gasteiger partial charge in [-0.25, -0.2) is 0 Å². The third kappa shape index (κ3) is 4.51. The van der Waals surface area contributed by atoms with Gasteiger partial charge in [-0.15, -0.1) is 0 Å². The lowest BCUT2D eigenvalue weighted by Gasteiger charge is -2.35. The Hall–Kier alpha value is -1.06. The molecule has 0 heterocycles. The van der Waals surface area contributed by atoms with Crippen molar-refractivity contribution in [2.75, 3.05) is 7.05 Å². The van der Waals surface area contributed by atoms with Crippen LogP contribution in [0.5, 0.6) is 0 Å². The number of carbonyl (C=O) groups excluding carboxylic acids is 1. The van der Waals surface area contributed by atoms with Crippen molar-refractivity contribution in [1.82, 2.24) is 4.90 Å². The Morgan fingerprint density at radius 2 is 1.68 bits per heavy atom. The number of carboxylic acid groups (broad SMARTS) is 1. The van der Waals surface area contributed by atoms with Crippen LogP contribution in [-0.4, -0.2) is 35.0 Å². The fourth-order valence-corrected chi connectivity index (χ4v) is 3.09. The van der Waals surface area contributed by atoms with Gasteiger partial charge < -0.3 is 10.0 Å². The zero-order chi connectivity index (χ0) is 14.4. The van der Waals surface area contributed by atoms with E-state index in [1.165, 1.54) is 0 Å². The van der Waals surface area contributed by atoms with E-state index in [9.17, 15) is 9.59 Å². The van der Waals surface area contributed by atoms with Crippen molar-refractivity contribution in [2.24, 2.45) is 11.8 Å². The van der Waals surface area contributed by atoms with E-state index in [0.717, 1.165) is 38.5 Å². The Kier molecular flexibility index (Phi) is 6.32. The third-order valence-electron chi connectivity index (χ3n) is 4.51. The average Bonchev–Trinajstić information content (AvgIpc) is 2.39. The number of carboxylic acids is 1. The molecule has 0 aromatic rings. The van der Waals surface area contributed by atoms with Crippen LogP contribution in [0.4, 0.5) is 0 Å². The maximum absolute atomic E-state index is 12.3. The molecule has 1 amide bonds. The molecular formula is C15H27NO3. The highest BCUT2D eigenvalue weighted by atomic mass is 16.4. The molecule has 4 nitrogen and oxygen atoms in total. The van der Waals surface area contributed by atoms with Gasteiger partial charge in [-0.2, -0.15) is 0 Å². The summed E-state index contributed by atoms with van der Waals surface area (Å²) in [6, 6.07) is 0.304. The highest BCUT2D eigenvalue weighted by Gasteiger charge is 2.29. The highest BCUT2D eigenvalue weighted by molar-refractivity contribution is 5.78. The van der Waals surface area contributed by atoms with E-state index in [1.807, 2.05) is 11.9 Å². The molecule has 0 radical (unpaired) electrons. The molecular weight excluding hydrogens is 242 g/mol.